The molecule has 0 atom stereocenters. The first kappa shape index (κ1) is 11.3. The van der Waals surface area contributed by atoms with Gasteiger partial charge in [-0.25, -0.2) is 0 Å². The van der Waals surface area contributed by atoms with E-state index in [4.69, 9.17) is 19.9 Å². The summed E-state index contributed by atoms with van der Waals surface area (Å²) in [4.78, 5) is 0. The van der Waals surface area contributed by atoms with E-state index in [2.05, 4.69) is 15.9 Å². The Morgan fingerprint density at radius 1 is 1.56 bits per heavy atom. The molecule has 0 bridgehead atoms. The van der Waals surface area contributed by atoms with E-state index in [9.17, 15) is 0 Å². The van der Waals surface area contributed by atoms with E-state index in [1.807, 2.05) is 18.2 Å². The van der Waals surface area contributed by atoms with Crippen LogP contribution in [-0.2, 0) is 0 Å². The molecule has 2 rings (SSSR count). The summed E-state index contributed by atoms with van der Waals surface area (Å²) in [6.45, 7) is 0.719. The molecular weight excluding hydrogens is 274 g/mol. The molecule has 5 heteroatoms. The maximum Gasteiger partial charge on any atom is 0.231 e. The molecule has 2 N–H and O–H groups in total. The Kier molecular flexibility index (Phi) is 3.36. The van der Waals surface area contributed by atoms with Crippen LogP contribution in [0.15, 0.2) is 16.6 Å². The quantitative estimate of drug-likeness (QED) is 0.925. The van der Waals surface area contributed by atoms with Gasteiger partial charge in [0.1, 0.15) is 10.2 Å². The standard InChI is InChI=1S/C11H12BrNO3/c1-14-10-7(3-2-4-13)5-8-11(9(10)12)16-6-15-8/h2-3,5H,4,6,13H2,1H3/b3-2+. The summed E-state index contributed by atoms with van der Waals surface area (Å²) in [6, 6.07) is 1.87. The highest BCUT2D eigenvalue weighted by Gasteiger charge is 2.22. The van der Waals surface area contributed by atoms with Crippen LogP contribution in [0.5, 0.6) is 17.2 Å². The van der Waals surface area contributed by atoms with E-state index in [1.54, 1.807) is 7.11 Å². The first-order chi connectivity index (χ1) is 7.77. The van der Waals surface area contributed by atoms with Crippen LogP contribution >= 0.6 is 15.9 Å². The molecule has 16 heavy (non-hydrogen) atoms. The van der Waals surface area contributed by atoms with Crippen molar-refractivity contribution >= 4 is 22.0 Å². The molecular formula is C11H12BrNO3. The van der Waals surface area contributed by atoms with E-state index < -0.39 is 0 Å². The van der Waals surface area contributed by atoms with Gasteiger partial charge in [0.15, 0.2) is 11.5 Å². The van der Waals surface area contributed by atoms with Crippen molar-refractivity contribution in [1.29, 1.82) is 0 Å². The second kappa shape index (κ2) is 4.76. The molecule has 0 spiro atoms. The molecule has 0 aliphatic carbocycles. The molecule has 0 amide bonds. The van der Waals surface area contributed by atoms with Gasteiger partial charge >= 0.3 is 0 Å². The second-order valence-electron chi connectivity index (χ2n) is 3.18. The van der Waals surface area contributed by atoms with Crippen LogP contribution in [0.3, 0.4) is 0 Å². The predicted octanol–water partition coefficient (Wildman–Crippen LogP) is 2.16. The Morgan fingerprint density at radius 3 is 3.06 bits per heavy atom. The Bertz CT molecular complexity index is 432. The van der Waals surface area contributed by atoms with Crippen molar-refractivity contribution in [3.63, 3.8) is 0 Å². The summed E-state index contributed by atoms with van der Waals surface area (Å²) in [7, 11) is 1.61. The van der Waals surface area contributed by atoms with Gasteiger partial charge < -0.3 is 19.9 Å². The lowest BCUT2D eigenvalue weighted by Crippen LogP contribution is -1.94. The van der Waals surface area contributed by atoms with Gasteiger partial charge in [-0.2, -0.15) is 0 Å². The zero-order valence-corrected chi connectivity index (χ0v) is 10.4. The lowest BCUT2D eigenvalue weighted by atomic mass is 10.1. The molecule has 0 saturated carbocycles. The van der Waals surface area contributed by atoms with Gasteiger partial charge in [0.05, 0.1) is 7.11 Å². The number of hydrogen-bond acceptors (Lipinski definition) is 4. The molecule has 0 unspecified atom stereocenters. The van der Waals surface area contributed by atoms with E-state index in [1.165, 1.54) is 0 Å². The normalized spacial score (nSPS) is 13.4. The molecule has 1 aliphatic rings. The van der Waals surface area contributed by atoms with Crippen LogP contribution < -0.4 is 19.9 Å². The Hall–Kier alpha value is -1.20. The third-order valence-electron chi connectivity index (χ3n) is 2.23. The Balaban J connectivity index is 2.52. The summed E-state index contributed by atoms with van der Waals surface area (Å²) in [5.41, 5.74) is 6.33. The molecule has 4 nitrogen and oxygen atoms in total. The number of hydrogen-bond donors (Lipinski definition) is 1. The van der Waals surface area contributed by atoms with Gasteiger partial charge in [-0.05, 0) is 22.0 Å². The summed E-state index contributed by atoms with van der Waals surface area (Å²) in [5.74, 6) is 2.11. The molecule has 1 aliphatic heterocycles. The number of fused-ring (bicyclic) bond motifs is 1. The molecule has 86 valence electrons. The molecule has 0 aromatic heterocycles. The third kappa shape index (κ3) is 1.88. The summed E-state index contributed by atoms with van der Waals surface area (Å²) in [5, 5.41) is 0. The molecule has 1 aromatic carbocycles. The minimum atomic E-state index is 0.237. The largest absolute Gasteiger partial charge is 0.495 e. The number of ether oxygens (including phenoxy) is 3. The second-order valence-corrected chi connectivity index (χ2v) is 3.98. The fourth-order valence-electron chi connectivity index (χ4n) is 1.53. The summed E-state index contributed by atoms with van der Waals surface area (Å²) >= 11 is 3.44. The van der Waals surface area contributed by atoms with Gasteiger partial charge in [0.25, 0.3) is 0 Å². The predicted molar refractivity (Wildman–Crippen MR) is 64.9 cm³/mol. The van der Waals surface area contributed by atoms with E-state index in [0.29, 0.717) is 23.8 Å². The Labute approximate surface area is 102 Å². The van der Waals surface area contributed by atoms with Crippen LogP contribution in [0.1, 0.15) is 5.56 Å². The highest BCUT2D eigenvalue weighted by molar-refractivity contribution is 9.10. The van der Waals surface area contributed by atoms with Crippen molar-refractivity contribution in [1.82, 2.24) is 0 Å². The lowest BCUT2D eigenvalue weighted by Gasteiger charge is -2.09. The fraction of sp³-hybridized carbons (Fsp3) is 0.273. The molecule has 0 fully saturated rings. The third-order valence-corrected chi connectivity index (χ3v) is 2.95. The first-order valence-corrected chi connectivity index (χ1v) is 5.60. The number of methoxy groups -OCH3 is 1. The van der Waals surface area contributed by atoms with Gasteiger partial charge in [-0.15, -0.1) is 0 Å². The summed E-state index contributed by atoms with van der Waals surface area (Å²) in [6.07, 6.45) is 3.75. The SMILES string of the molecule is COc1c(/C=C/CN)cc2c(c1Br)OCO2. The smallest absolute Gasteiger partial charge is 0.231 e. The first-order valence-electron chi connectivity index (χ1n) is 4.80. The zero-order chi connectivity index (χ0) is 11.5. The average Bonchev–Trinajstić information content (AvgIpc) is 2.75. The molecule has 0 radical (unpaired) electrons. The van der Waals surface area contributed by atoms with Crippen LogP contribution in [0.4, 0.5) is 0 Å². The van der Waals surface area contributed by atoms with E-state index in [0.717, 1.165) is 10.0 Å². The number of halogens is 1. The monoisotopic (exact) mass is 285 g/mol. The number of rotatable bonds is 3. The molecule has 1 heterocycles. The average molecular weight is 286 g/mol. The maximum atomic E-state index is 5.42. The van der Waals surface area contributed by atoms with Crippen molar-refractivity contribution in [3.8, 4) is 17.2 Å². The molecule has 1 aromatic rings. The highest BCUT2D eigenvalue weighted by atomic mass is 79.9. The highest BCUT2D eigenvalue weighted by Crippen LogP contribution is 2.46. The van der Waals surface area contributed by atoms with E-state index >= 15 is 0 Å². The Morgan fingerprint density at radius 2 is 2.38 bits per heavy atom. The van der Waals surface area contributed by atoms with Crippen LogP contribution in [0.2, 0.25) is 0 Å². The minimum absolute atomic E-state index is 0.237. The van der Waals surface area contributed by atoms with Crippen LogP contribution in [0, 0.1) is 0 Å². The molecule has 0 saturated heterocycles. The van der Waals surface area contributed by atoms with Crippen molar-refractivity contribution in [2.24, 2.45) is 5.73 Å². The van der Waals surface area contributed by atoms with E-state index in [-0.39, 0.29) is 6.79 Å². The van der Waals surface area contributed by atoms with Crippen molar-refractivity contribution in [2.45, 2.75) is 0 Å². The van der Waals surface area contributed by atoms with Gasteiger partial charge in [-0.1, -0.05) is 12.2 Å². The lowest BCUT2D eigenvalue weighted by molar-refractivity contribution is 0.173. The summed E-state index contributed by atoms with van der Waals surface area (Å²) < 4.78 is 16.7. The maximum absolute atomic E-state index is 5.42. The van der Waals surface area contributed by atoms with Crippen LogP contribution in [-0.4, -0.2) is 20.4 Å². The van der Waals surface area contributed by atoms with Crippen molar-refractivity contribution in [2.75, 3.05) is 20.4 Å². The van der Waals surface area contributed by atoms with Crippen molar-refractivity contribution < 1.29 is 14.2 Å². The zero-order valence-electron chi connectivity index (χ0n) is 8.83. The van der Waals surface area contributed by atoms with Crippen LogP contribution in [0.25, 0.3) is 6.08 Å². The number of benzene rings is 1. The minimum Gasteiger partial charge on any atom is -0.495 e. The fourth-order valence-corrected chi connectivity index (χ4v) is 2.23. The topological polar surface area (TPSA) is 53.7 Å². The van der Waals surface area contributed by atoms with Gasteiger partial charge in [0, 0.05) is 12.1 Å². The van der Waals surface area contributed by atoms with Gasteiger partial charge in [0.2, 0.25) is 6.79 Å². The number of nitrogens with two attached hydrogens (primary N) is 1. The van der Waals surface area contributed by atoms with Gasteiger partial charge in [-0.3, -0.25) is 0 Å². The van der Waals surface area contributed by atoms with Crippen molar-refractivity contribution in [3.05, 3.63) is 22.2 Å².